The van der Waals surface area contributed by atoms with E-state index in [2.05, 4.69) is 10.6 Å². The predicted molar refractivity (Wildman–Crippen MR) is 245 cm³/mol. The third-order valence-corrected chi connectivity index (χ3v) is 12.5. The van der Waals surface area contributed by atoms with Gasteiger partial charge in [0, 0.05) is 11.1 Å². The highest BCUT2D eigenvalue weighted by atomic mass is 32.2. The van der Waals surface area contributed by atoms with Gasteiger partial charge in [0.25, 0.3) is 0 Å². The van der Waals surface area contributed by atoms with Gasteiger partial charge in [-0.25, -0.2) is 0 Å². The molecule has 2 amide bonds. The van der Waals surface area contributed by atoms with Crippen LogP contribution >= 0.6 is 23.5 Å². The van der Waals surface area contributed by atoms with Crippen LogP contribution in [0.4, 0.5) is 0 Å². The van der Waals surface area contributed by atoms with Gasteiger partial charge < -0.3 is 50.5 Å². The van der Waals surface area contributed by atoms with Crippen LogP contribution in [0.2, 0.25) is 0 Å². The van der Waals surface area contributed by atoms with E-state index < -0.39 is 12.1 Å². The molecule has 2 aliphatic carbocycles. The molecule has 14 nitrogen and oxygen atoms in total. The van der Waals surface area contributed by atoms with Crippen molar-refractivity contribution >= 4 is 35.3 Å². The Morgan fingerprint density at radius 3 is 1.23 bits per heavy atom. The lowest BCUT2D eigenvalue weighted by molar-refractivity contribution is -0.123. The second-order valence-electron chi connectivity index (χ2n) is 14.7. The fourth-order valence-corrected chi connectivity index (χ4v) is 8.77. The van der Waals surface area contributed by atoms with Crippen LogP contribution in [0, 0.1) is 0 Å². The van der Waals surface area contributed by atoms with E-state index in [1.54, 1.807) is 68.6 Å². The van der Waals surface area contributed by atoms with Gasteiger partial charge in [0.2, 0.25) is 23.3 Å². The van der Waals surface area contributed by atoms with Crippen LogP contribution in [0.1, 0.15) is 61.0 Å². The molecule has 0 aromatic heterocycles. The number of carbonyl (C=O) groups excluding carboxylic acids is 2. The fraction of sp³-hybridized carbons (Fsp3) is 0.391. The number of rotatable bonds is 12. The topological polar surface area (TPSA) is 200 Å². The van der Waals surface area contributed by atoms with Crippen molar-refractivity contribution in [2.45, 2.75) is 73.5 Å². The number of thioether (sulfide) groups is 2. The van der Waals surface area contributed by atoms with E-state index in [-0.39, 0.29) is 34.8 Å². The summed E-state index contributed by atoms with van der Waals surface area (Å²) in [6.45, 7) is 3.27. The van der Waals surface area contributed by atoms with Crippen LogP contribution in [0.5, 0.6) is 34.5 Å². The second kappa shape index (κ2) is 21.1. The smallest absolute Gasteiger partial charge is 0.237 e. The zero-order chi connectivity index (χ0) is 45.4. The lowest BCUT2D eigenvalue weighted by atomic mass is 9.95. The van der Waals surface area contributed by atoms with E-state index in [4.69, 9.17) is 39.9 Å². The van der Waals surface area contributed by atoms with Gasteiger partial charge >= 0.3 is 0 Å². The highest BCUT2D eigenvalue weighted by Crippen LogP contribution is 2.52. The Morgan fingerprint density at radius 2 is 0.935 bits per heavy atom. The average Bonchev–Trinajstić information content (AvgIpc) is 3.66. The van der Waals surface area contributed by atoms with Crippen molar-refractivity contribution in [3.63, 3.8) is 0 Å². The van der Waals surface area contributed by atoms with Crippen LogP contribution in [0.25, 0.3) is 22.3 Å². The zero-order valence-corrected chi connectivity index (χ0v) is 38.4. The molecule has 332 valence electrons. The van der Waals surface area contributed by atoms with E-state index in [1.165, 1.54) is 23.5 Å². The molecule has 16 heteroatoms. The summed E-state index contributed by atoms with van der Waals surface area (Å²) < 4.78 is 33.8. The number of ether oxygens (including phenoxy) is 6. The van der Waals surface area contributed by atoms with Crippen LogP contribution in [0.3, 0.4) is 0 Å². The normalized spacial score (nSPS) is 15.7. The third-order valence-electron chi connectivity index (χ3n) is 10.9. The quantitative estimate of drug-likeness (QED) is 0.124. The average molecular weight is 889 g/mol. The van der Waals surface area contributed by atoms with E-state index in [0.29, 0.717) is 70.0 Å². The summed E-state index contributed by atoms with van der Waals surface area (Å²) in [7, 11) is 9.42. The Hall–Kier alpha value is -5.42. The van der Waals surface area contributed by atoms with E-state index in [0.717, 1.165) is 44.5 Å². The van der Waals surface area contributed by atoms with Crippen LogP contribution in [-0.2, 0) is 22.4 Å². The van der Waals surface area contributed by atoms with E-state index >= 15 is 0 Å². The van der Waals surface area contributed by atoms with E-state index in [9.17, 15) is 19.2 Å². The summed E-state index contributed by atoms with van der Waals surface area (Å²) in [5.41, 5.74) is 18.1. The van der Waals surface area contributed by atoms with Gasteiger partial charge in [0.05, 0.1) is 76.6 Å². The molecule has 0 bridgehead atoms. The number of hydrogen-bond donors (Lipinski definition) is 4. The highest BCUT2D eigenvalue weighted by Gasteiger charge is 2.32. The van der Waals surface area contributed by atoms with Gasteiger partial charge in [-0.3, -0.25) is 19.2 Å². The molecule has 0 radical (unpaired) electrons. The number of aryl methyl sites for hydroxylation is 2. The number of hydrogen-bond acceptors (Lipinski definition) is 14. The maximum Gasteiger partial charge on any atom is 0.237 e. The molecule has 62 heavy (non-hydrogen) atoms. The molecule has 0 heterocycles. The summed E-state index contributed by atoms with van der Waals surface area (Å²) in [6.07, 6.45) is 6.18. The molecule has 0 fully saturated rings. The van der Waals surface area contributed by atoms with Gasteiger partial charge in [-0.15, -0.1) is 23.5 Å². The van der Waals surface area contributed by atoms with Gasteiger partial charge in [-0.05, 0) is 122 Å². The molecule has 0 unspecified atom stereocenters. The molecule has 4 aromatic rings. The molecule has 4 atom stereocenters. The van der Waals surface area contributed by atoms with Gasteiger partial charge in [-0.2, -0.15) is 0 Å². The van der Waals surface area contributed by atoms with Gasteiger partial charge in [0.1, 0.15) is 0 Å². The number of benzene rings is 2. The fourth-order valence-electron chi connectivity index (χ4n) is 7.84. The molecule has 0 aliphatic heterocycles. The molecule has 6 rings (SSSR count). The van der Waals surface area contributed by atoms with Crippen molar-refractivity contribution in [1.82, 2.24) is 10.6 Å². The maximum atomic E-state index is 12.9. The summed E-state index contributed by atoms with van der Waals surface area (Å²) in [5, 5.41) is 6.02. The number of nitrogens with two attached hydrogens (primary N) is 2. The van der Waals surface area contributed by atoms with Crippen LogP contribution in [0.15, 0.2) is 67.9 Å². The number of nitrogens with one attached hydrogen (secondary N) is 2. The molecular weight excluding hydrogens is 833 g/mol. The van der Waals surface area contributed by atoms with E-state index in [1.807, 2.05) is 48.9 Å². The third kappa shape index (κ3) is 9.78. The number of amides is 2. The Kier molecular flexibility index (Phi) is 16.2. The first-order valence-electron chi connectivity index (χ1n) is 19.9. The Bertz CT molecular complexity index is 2280. The van der Waals surface area contributed by atoms with Crippen LogP contribution < -0.4 is 61.4 Å². The summed E-state index contributed by atoms with van der Waals surface area (Å²) >= 11 is 2.76. The van der Waals surface area contributed by atoms with Crippen molar-refractivity contribution in [3.8, 4) is 56.8 Å². The maximum absolute atomic E-state index is 12.9. The van der Waals surface area contributed by atoms with Crippen molar-refractivity contribution in [2.75, 3.05) is 55.2 Å². The second-order valence-corrected chi connectivity index (χ2v) is 16.4. The molecular formula is C46H56N4O10S2. The Labute approximate surface area is 370 Å². The molecule has 6 N–H and O–H groups in total. The minimum Gasteiger partial charge on any atom is -0.493 e. The van der Waals surface area contributed by atoms with Crippen LogP contribution in [-0.4, -0.2) is 79.1 Å². The summed E-state index contributed by atoms with van der Waals surface area (Å²) in [5.74, 6) is 2.60. The highest BCUT2D eigenvalue weighted by molar-refractivity contribution is 7.98. The first-order chi connectivity index (χ1) is 29.7. The lowest BCUT2D eigenvalue weighted by Gasteiger charge is -2.20. The number of fused-ring (bicyclic) bond motifs is 6. The monoisotopic (exact) mass is 888 g/mol. The summed E-state index contributed by atoms with van der Waals surface area (Å²) in [6, 6.07) is 12.4. The number of methoxy groups -OCH3 is 6. The van der Waals surface area contributed by atoms with Crippen molar-refractivity contribution in [3.05, 3.63) is 91.2 Å². The molecule has 4 aromatic carbocycles. The van der Waals surface area contributed by atoms with Gasteiger partial charge in [-0.1, -0.05) is 12.1 Å². The SMILES string of the molecule is COc1cc2c(c(OC)c1OC)-c1ccc(SC)c(=O)cc1[C@@H](NC(=O)[C@@H](C)N)CC2.COc1cc2c(c(OC)c1OC)-c1ccc(SC)c(=O)cc1[C@@H](NC(=O)[C@H](C)N)CC2. The minimum atomic E-state index is -0.658. The largest absolute Gasteiger partial charge is 0.493 e. The first-order valence-corrected chi connectivity index (χ1v) is 22.4. The Balaban J connectivity index is 0.000000234. The molecule has 2 aliphatic rings. The number of carbonyl (C=O) groups is 2. The first kappa shape index (κ1) is 47.6. The summed E-state index contributed by atoms with van der Waals surface area (Å²) in [4.78, 5) is 51.8. The molecule has 0 saturated heterocycles. The standard InChI is InChI=1S/2C23H28N2O5S/c2*1-12(24)23(27)25-16-8-6-13-10-18(28-2)21(29-3)22(30-4)20(13)14-7-9-19(31-5)17(26)11-15(14)16/h2*7,9-12,16H,6,8,24H2,1-5H3,(H,25,27)/t12-,16+;12-,16-/m10/s1. The minimum absolute atomic E-state index is 0.100. The van der Waals surface area contributed by atoms with Crippen molar-refractivity contribution in [2.24, 2.45) is 11.5 Å². The van der Waals surface area contributed by atoms with Crippen molar-refractivity contribution < 1.29 is 38.0 Å². The molecule has 0 saturated carbocycles. The predicted octanol–water partition coefficient (Wildman–Crippen LogP) is 5.82. The van der Waals surface area contributed by atoms with Gasteiger partial charge in [0.15, 0.2) is 33.9 Å². The zero-order valence-electron chi connectivity index (χ0n) is 36.8. The van der Waals surface area contributed by atoms with Crippen molar-refractivity contribution in [1.29, 1.82) is 0 Å². The Morgan fingerprint density at radius 1 is 0.581 bits per heavy atom. The molecule has 0 spiro atoms. The lowest BCUT2D eigenvalue weighted by Crippen LogP contribution is -2.40.